The molecule has 43 heavy (non-hydrogen) atoms. The van der Waals surface area contributed by atoms with Crippen LogP contribution in [0.1, 0.15) is 122 Å². The van der Waals surface area contributed by atoms with E-state index in [1.54, 1.807) is 0 Å². The van der Waals surface area contributed by atoms with Crippen LogP contribution in [0.25, 0.3) is 0 Å². The van der Waals surface area contributed by atoms with Gasteiger partial charge in [-0.15, -0.1) is 0 Å². The third kappa shape index (κ3) is 13.4. The molecule has 0 spiro atoms. The highest BCUT2D eigenvalue weighted by molar-refractivity contribution is 5.91. The second kappa shape index (κ2) is 19.3. The second-order valence-electron chi connectivity index (χ2n) is 12.7. The van der Waals surface area contributed by atoms with Gasteiger partial charge >= 0.3 is 0 Å². The highest BCUT2D eigenvalue weighted by Crippen LogP contribution is 2.28. The number of rotatable bonds is 18. The molecule has 0 unspecified atom stereocenters. The molecule has 4 rings (SSSR count). The van der Waals surface area contributed by atoms with Crippen LogP contribution in [0.15, 0.2) is 48.5 Å². The van der Waals surface area contributed by atoms with Crippen molar-refractivity contribution >= 4 is 23.2 Å². The van der Waals surface area contributed by atoms with Gasteiger partial charge < -0.3 is 20.1 Å². The maximum atomic E-state index is 12.3. The summed E-state index contributed by atoms with van der Waals surface area (Å²) in [6, 6.07) is 15.4. The molecule has 6 nitrogen and oxygen atoms in total. The lowest BCUT2D eigenvalue weighted by atomic mass is 9.87. The van der Waals surface area contributed by atoms with Gasteiger partial charge in [0.15, 0.2) is 0 Å². The van der Waals surface area contributed by atoms with Gasteiger partial charge in [-0.1, -0.05) is 83.5 Å². The maximum Gasteiger partial charge on any atom is 0.224 e. The summed E-state index contributed by atoms with van der Waals surface area (Å²) in [6.07, 6.45) is 21.6. The van der Waals surface area contributed by atoms with Gasteiger partial charge in [-0.3, -0.25) is 9.59 Å². The minimum Gasteiger partial charge on any atom is -0.494 e. The maximum absolute atomic E-state index is 12.3. The van der Waals surface area contributed by atoms with Crippen molar-refractivity contribution < 1.29 is 19.1 Å². The molecule has 2 saturated carbocycles. The summed E-state index contributed by atoms with van der Waals surface area (Å²) in [5, 5.41) is 5.98. The molecule has 2 aliphatic carbocycles. The van der Waals surface area contributed by atoms with Crippen LogP contribution in [0.5, 0.6) is 11.5 Å². The molecule has 6 heteroatoms. The van der Waals surface area contributed by atoms with Crippen LogP contribution in [0.3, 0.4) is 0 Å². The zero-order valence-electron chi connectivity index (χ0n) is 26.3. The fourth-order valence-corrected chi connectivity index (χ4v) is 6.46. The number of benzene rings is 2. The van der Waals surface area contributed by atoms with E-state index >= 15 is 0 Å². The predicted octanol–water partition coefficient (Wildman–Crippen LogP) is 9.69. The van der Waals surface area contributed by atoms with Crippen LogP contribution in [0, 0.1) is 11.8 Å². The lowest BCUT2D eigenvalue weighted by molar-refractivity contribution is -0.117. The number of amides is 2. The summed E-state index contributed by atoms with van der Waals surface area (Å²) >= 11 is 0. The standard InChI is InChI=1S/C37H54N2O4/c40-36(38-32-18-22-34(23-19-32)42-28-26-30-12-6-4-7-13-30)16-10-2-1-3-11-17-37(41)39-33-20-24-35(25-21-33)43-29-27-31-14-8-5-9-15-31/h18-25,30-31H,1-17,26-29H2,(H,38,40)(H,39,41). The summed E-state index contributed by atoms with van der Waals surface area (Å²) in [5.41, 5.74) is 1.62. The molecule has 0 aliphatic heterocycles. The monoisotopic (exact) mass is 590 g/mol. The fraction of sp³-hybridized carbons (Fsp3) is 0.622. The van der Waals surface area contributed by atoms with E-state index in [0.717, 1.165) is 92.9 Å². The molecule has 0 aromatic heterocycles. The van der Waals surface area contributed by atoms with Crippen LogP contribution in [-0.4, -0.2) is 25.0 Å². The highest BCUT2D eigenvalue weighted by atomic mass is 16.5. The van der Waals surface area contributed by atoms with Crippen molar-refractivity contribution in [3.63, 3.8) is 0 Å². The Morgan fingerprint density at radius 1 is 0.535 bits per heavy atom. The largest absolute Gasteiger partial charge is 0.494 e. The smallest absolute Gasteiger partial charge is 0.224 e. The minimum absolute atomic E-state index is 0.0472. The molecule has 0 atom stereocenters. The first kappa shape index (κ1) is 32.9. The molecule has 0 saturated heterocycles. The molecule has 0 radical (unpaired) electrons. The normalized spacial score (nSPS) is 16.0. The highest BCUT2D eigenvalue weighted by Gasteiger charge is 2.14. The zero-order chi connectivity index (χ0) is 30.0. The number of hydrogen-bond acceptors (Lipinski definition) is 4. The number of ether oxygens (including phenoxy) is 2. The van der Waals surface area contributed by atoms with Crippen molar-refractivity contribution in [1.29, 1.82) is 0 Å². The van der Waals surface area contributed by atoms with E-state index in [-0.39, 0.29) is 11.8 Å². The molecular weight excluding hydrogens is 536 g/mol. The van der Waals surface area contributed by atoms with Crippen molar-refractivity contribution in [3.8, 4) is 11.5 Å². The summed E-state index contributed by atoms with van der Waals surface area (Å²) in [5.74, 6) is 3.47. The molecule has 2 aromatic rings. The summed E-state index contributed by atoms with van der Waals surface area (Å²) in [7, 11) is 0. The van der Waals surface area contributed by atoms with E-state index in [1.165, 1.54) is 64.2 Å². The van der Waals surface area contributed by atoms with Crippen molar-refractivity contribution in [3.05, 3.63) is 48.5 Å². The van der Waals surface area contributed by atoms with Crippen molar-refractivity contribution in [2.24, 2.45) is 11.8 Å². The van der Waals surface area contributed by atoms with Gasteiger partial charge in [0.1, 0.15) is 11.5 Å². The van der Waals surface area contributed by atoms with Gasteiger partial charge in [-0.25, -0.2) is 0 Å². The van der Waals surface area contributed by atoms with Gasteiger partial charge in [0, 0.05) is 24.2 Å². The lowest BCUT2D eigenvalue weighted by Gasteiger charge is -2.21. The van der Waals surface area contributed by atoms with Crippen LogP contribution >= 0.6 is 0 Å². The molecular formula is C37H54N2O4. The average molecular weight is 591 g/mol. The third-order valence-electron chi connectivity index (χ3n) is 9.12. The molecule has 0 bridgehead atoms. The van der Waals surface area contributed by atoms with Crippen LogP contribution < -0.4 is 20.1 Å². The van der Waals surface area contributed by atoms with Gasteiger partial charge in [0.25, 0.3) is 0 Å². The Balaban J connectivity index is 0.975. The predicted molar refractivity (Wildman–Crippen MR) is 176 cm³/mol. The Bertz CT molecular complexity index is 972. The molecule has 2 amide bonds. The number of anilines is 2. The number of hydrogen-bond donors (Lipinski definition) is 2. The SMILES string of the molecule is O=C(CCCCCCCC(=O)Nc1ccc(OCCC2CCCCC2)cc1)Nc1ccc(OCCC2CCCCC2)cc1. The first-order valence-corrected chi connectivity index (χ1v) is 17.2. The average Bonchev–Trinajstić information content (AvgIpc) is 3.03. The number of carbonyl (C=O) groups is 2. The number of nitrogens with one attached hydrogen (secondary N) is 2. The number of carbonyl (C=O) groups excluding carboxylic acids is 2. The van der Waals surface area contributed by atoms with Gasteiger partial charge in [-0.2, -0.15) is 0 Å². The Morgan fingerprint density at radius 2 is 0.907 bits per heavy atom. The molecule has 2 fully saturated rings. The number of unbranched alkanes of at least 4 members (excludes halogenated alkanes) is 4. The molecule has 2 aromatic carbocycles. The van der Waals surface area contributed by atoms with Gasteiger partial charge in [-0.05, 0) is 86.1 Å². The first-order valence-electron chi connectivity index (χ1n) is 17.2. The minimum atomic E-state index is 0.0472. The molecule has 2 aliphatic rings. The van der Waals surface area contributed by atoms with E-state index in [0.29, 0.717) is 12.8 Å². The third-order valence-corrected chi connectivity index (χ3v) is 9.12. The van der Waals surface area contributed by atoms with Crippen molar-refractivity contribution in [2.75, 3.05) is 23.8 Å². The quantitative estimate of drug-likeness (QED) is 0.169. The van der Waals surface area contributed by atoms with E-state index in [4.69, 9.17) is 9.47 Å². The molecule has 236 valence electrons. The van der Waals surface area contributed by atoms with E-state index in [1.807, 2.05) is 48.5 Å². The zero-order valence-corrected chi connectivity index (χ0v) is 26.3. The van der Waals surface area contributed by atoms with E-state index < -0.39 is 0 Å². The first-order chi connectivity index (χ1) is 21.1. The summed E-state index contributed by atoms with van der Waals surface area (Å²) in [4.78, 5) is 24.7. The van der Waals surface area contributed by atoms with Crippen molar-refractivity contribution in [1.82, 2.24) is 0 Å². The summed E-state index contributed by atoms with van der Waals surface area (Å²) < 4.78 is 11.8. The topological polar surface area (TPSA) is 76.7 Å². The Hall–Kier alpha value is -3.02. The van der Waals surface area contributed by atoms with E-state index in [2.05, 4.69) is 10.6 Å². The Kier molecular flexibility index (Phi) is 14.8. The second-order valence-corrected chi connectivity index (χ2v) is 12.7. The Morgan fingerprint density at radius 3 is 1.30 bits per heavy atom. The van der Waals surface area contributed by atoms with Crippen LogP contribution in [0.4, 0.5) is 11.4 Å². The van der Waals surface area contributed by atoms with Crippen molar-refractivity contribution in [2.45, 2.75) is 122 Å². The molecule has 2 N–H and O–H groups in total. The Labute approximate surface area is 259 Å². The van der Waals surface area contributed by atoms with E-state index in [9.17, 15) is 9.59 Å². The summed E-state index contributed by atoms with van der Waals surface area (Å²) in [6.45, 7) is 1.54. The van der Waals surface area contributed by atoms with Crippen LogP contribution in [-0.2, 0) is 9.59 Å². The van der Waals surface area contributed by atoms with Gasteiger partial charge in [0.2, 0.25) is 11.8 Å². The fourth-order valence-electron chi connectivity index (χ4n) is 6.46. The van der Waals surface area contributed by atoms with Gasteiger partial charge in [0.05, 0.1) is 13.2 Å². The lowest BCUT2D eigenvalue weighted by Crippen LogP contribution is -2.12. The molecule has 0 heterocycles. The van der Waals surface area contributed by atoms with Crippen LogP contribution in [0.2, 0.25) is 0 Å².